The van der Waals surface area contributed by atoms with Crippen LogP contribution in [-0.2, 0) is 40.4 Å². The van der Waals surface area contributed by atoms with Crippen molar-refractivity contribution in [1.82, 2.24) is 59.1 Å². The second-order valence-electron chi connectivity index (χ2n) is 10.2. The number of carboxylic acids is 1. The molecule has 0 saturated heterocycles. The van der Waals surface area contributed by atoms with Crippen molar-refractivity contribution in [2.24, 2.45) is 5.73 Å². The molecule has 6 heterocycles. The Hall–Kier alpha value is -7.35. The Labute approximate surface area is 340 Å². The number of aromatic nitrogens is 12. The summed E-state index contributed by atoms with van der Waals surface area (Å²) in [6.07, 6.45) is 9.32. The lowest BCUT2D eigenvalue weighted by atomic mass is 10.3. The van der Waals surface area contributed by atoms with Crippen molar-refractivity contribution in [3.05, 3.63) is 74.5 Å². The van der Waals surface area contributed by atoms with Crippen molar-refractivity contribution in [2.45, 2.75) is 60.8 Å². The van der Waals surface area contributed by atoms with Crippen molar-refractivity contribution in [2.75, 3.05) is 27.1 Å². The van der Waals surface area contributed by atoms with Crippen LogP contribution in [0.1, 0.15) is 55.6 Å². The largest absolute Gasteiger partial charge is 0.481 e. The van der Waals surface area contributed by atoms with E-state index in [4.69, 9.17) is 37.8 Å². The number of ether oxygens (including phenoxy) is 2. The lowest BCUT2D eigenvalue weighted by Crippen LogP contribution is -2.12. The van der Waals surface area contributed by atoms with E-state index in [0.717, 1.165) is 44.1 Å². The Kier molecular flexibility index (Phi) is 23.9. The number of nitrogens with two attached hydrogens (primary N) is 2. The fraction of sp³-hybridized carbons (Fsp3) is 0.375. The Morgan fingerprint density at radius 3 is 1.75 bits per heavy atom. The van der Waals surface area contributed by atoms with E-state index < -0.39 is 22.8 Å². The van der Waals surface area contributed by atoms with Crippen molar-refractivity contribution >= 4 is 69.3 Å². The molecule has 0 saturated carbocycles. The Morgan fingerprint density at radius 1 is 0.847 bits per heavy atom. The van der Waals surface area contributed by atoms with Crippen molar-refractivity contribution in [3.63, 3.8) is 0 Å². The van der Waals surface area contributed by atoms with Gasteiger partial charge in [-0.25, -0.2) is 24.5 Å². The number of aryl methyl sites for hydroxylation is 4. The molecule has 0 aromatic carbocycles. The fourth-order valence-corrected chi connectivity index (χ4v) is 4.55. The van der Waals surface area contributed by atoms with E-state index in [2.05, 4.69) is 55.5 Å². The van der Waals surface area contributed by atoms with Gasteiger partial charge in [0.25, 0.3) is 11.5 Å². The monoisotopic (exact) mass is 850 g/mol. The zero-order valence-corrected chi connectivity index (χ0v) is 34.2. The highest BCUT2D eigenvalue weighted by atomic mass is 35.5. The molecular formula is C32H47ClN16O10. The second-order valence-corrected chi connectivity index (χ2v) is 10.5. The number of carbonyl (C=O) groups excluding carboxylic acids is 2. The first-order chi connectivity index (χ1) is 28.1. The van der Waals surface area contributed by atoms with Crippen LogP contribution in [0, 0.1) is 15.5 Å². The number of nitro groups is 1. The highest BCUT2D eigenvalue weighted by Crippen LogP contribution is 2.19. The lowest BCUT2D eigenvalue weighted by Gasteiger charge is -2.02. The molecule has 0 radical (unpaired) electrons. The quantitative estimate of drug-likeness (QED) is 0.0333. The van der Waals surface area contributed by atoms with E-state index in [1.165, 1.54) is 42.4 Å². The molecule has 0 bridgehead atoms. The van der Waals surface area contributed by atoms with Gasteiger partial charge in [-0.15, -0.1) is 0 Å². The smallest absolute Gasteiger partial charge is 0.363 e. The van der Waals surface area contributed by atoms with Gasteiger partial charge in [0.2, 0.25) is 5.69 Å². The van der Waals surface area contributed by atoms with Gasteiger partial charge in [0.15, 0.2) is 16.4 Å². The summed E-state index contributed by atoms with van der Waals surface area (Å²) in [5, 5.41) is 47.0. The van der Waals surface area contributed by atoms with Crippen LogP contribution in [0.25, 0.3) is 22.1 Å². The van der Waals surface area contributed by atoms with Gasteiger partial charge in [-0.05, 0) is 27.7 Å². The average Bonchev–Trinajstić information content (AvgIpc) is 4.04. The van der Waals surface area contributed by atoms with Gasteiger partial charge in [-0.1, -0.05) is 11.6 Å². The van der Waals surface area contributed by atoms with E-state index >= 15 is 0 Å². The molecule has 0 atom stereocenters. The maximum Gasteiger partial charge on any atom is 0.363 e. The summed E-state index contributed by atoms with van der Waals surface area (Å²) in [6, 6.07) is 0. The van der Waals surface area contributed by atoms with Gasteiger partial charge >= 0.3 is 17.6 Å². The average molecular weight is 851 g/mol. The number of aliphatic hydroxyl groups excluding tert-OH is 1. The van der Waals surface area contributed by atoms with Crippen molar-refractivity contribution in [3.8, 4) is 0 Å². The summed E-state index contributed by atoms with van der Waals surface area (Å²) in [6.45, 7) is 11.0. The third-order valence-electron chi connectivity index (χ3n) is 6.66. The molecule has 0 aliphatic heterocycles. The molecule has 322 valence electrons. The summed E-state index contributed by atoms with van der Waals surface area (Å²) in [5.41, 5.74) is 12.7. The number of aliphatic carboxylic acids is 1. The van der Waals surface area contributed by atoms with Gasteiger partial charge in [0.05, 0.1) is 56.1 Å². The number of anilines is 1. The zero-order valence-electron chi connectivity index (χ0n) is 33.4. The van der Waals surface area contributed by atoms with E-state index in [0.29, 0.717) is 47.2 Å². The van der Waals surface area contributed by atoms with Crippen LogP contribution in [0.3, 0.4) is 0 Å². The SMILES string of the molecule is CC(=O)O.CCn1ncc(N)c1C(=O)OC.CCn1ncc([N+](=O)[O-])c1C(=O)OC.CCn1ncc2nc[nH]c(=O)c21.CCn1ncc2ncnc(Cl)c21.CO.N=CN. The van der Waals surface area contributed by atoms with Crippen molar-refractivity contribution in [1.29, 1.82) is 5.41 Å². The standard InChI is InChI=1S/C7H7ClN4.C7H8N4O.C7H9N3O4.C7H11N3O2.C2H4O2.CH4N2.CH4O/c1-2-12-6-5(3-11-12)9-4-10-7(6)8;1-2-11-6-5(3-10-11)8-4-9-7(6)12;1-3-9-6(7(11)14-2)5(4-8-9)10(12)13;1-3-10-6(7(11)12-2)5(8)4-9-10;1-2(3)4;2-1-3;1-2/h3-4H,2H2,1H3;3-4H,2H2,1H3,(H,8,9,12);4H,3H2,1-2H3;4H,3,8H2,1-2H3;1H3,(H,3,4);1H,(H3,2,3);2H,1H3. The number of methoxy groups -OCH3 is 2. The number of hydrogen-bond acceptors (Lipinski definition) is 18. The molecule has 6 aromatic rings. The van der Waals surface area contributed by atoms with Gasteiger partial charge in [-0.3, -0.25) is 43.8 Å². The Balaban J connectivity index is 0.000000712. The summed E-state index contributed by atoms with van der Waals surface area (Å²) >= 11 is 5.87. The number of esters is 2. The third-order valence-corrected chi connectivity index (χ3v) is 6.93. The molecule has 6 rings (SSSR count). The number of fused-ring (bicyclic) bond motifs is 2. The lowest BCUT2D eigenvalue weighted by molar-refractivity contribution is -0.385. The molecule has 26 nitrogen and oxygen atoms in total. The van der Waals surface area contributed by atoms with Gasteiger partial charge in [0, 0.05) is 40.2 Å². The highest BCUT2D eigenvalue weighted by Gasteiger charge is 2.26. The third kappa shape index (κ3) is 15.3. The Bertz CT molecular complexity index is 2290. The van der Waals surface area contributed by atoms with Crippen molar-refractivity contribution < 1.29 is 39.0 Å². The number of aromatic amines is 1. The minimum atomic E-state index is -0.833. The number of carboxylic acid groups (broad SMARTS) is 1. The predicted molar refractivity (Wildman–Crippen MR) is 214 cm³/mol. The van der Waals surface area contributed by atoms with Crippen LogP contribution in [0.5, 0.6) is 0 Å². The first kappa shape index (κ1) is 51.6. The number of rotatable bonds is 7. The molecule has 6 aromatic heterocycles. The molecule has 0 spiro atoms. The second kappa shape index (κ2) is 27.3. The molecule has 0 amide bonds. The summed E-state index contributed by atoms with van der Waals surface area (Å²) in [4.78, 5) is 66.8. The summed E-state index contributed by atoms with van der Waals surface area (Å²) in [5.74, 6) is -2.04. The number of carbonyl (C=O) groups is 3. The van der Waals surface area contributed by atoms with Gasteiger partial charge in [-0.2, -0.15) is 20.4 Å². The predicted octanol–water partition coefficient (Wildman–Crippen LogP) is 1.76. The van der Waals surface area contributed by atoms with Crippen LogP contribution >= 0.6 is 11.6 Å². The minimum Gasteiger partial charge on any atom is -0.481 e. The number of nitrogen functional groups attached to an aromatic ring is 1. The normalized spacial score (nSPS) is 9.46. The number of aliphatic hydroxyl groups is 1. The first-order valence-corrected chi connectivity index (χ1v) is 17.2. The number of nitrogens with zero attached hydrogens (tertiary/aromatic N) is 12. The molecule has 27 heteroatoms. The van der Waals surface area contributed by atoms with E-state index in [9.17, 15) is 24.5 Å². The van der Waals surface area contributed by atoms with Crippen LogP contribution in [0.4, 0.5) is 11.4 Å². The fourth-order valence-electron chi connectivity index (χ4n) is 4.31. The molecular weight excluding hydrogens is 804 g/mol. The first-order valence-electron chi connectivity index (χ1n) is 16.9. The maximum absolute atomic E-state index is 11.3. The van der Waals surface area contributed by atoms with E-state index in [1.807, 2.05) is 20.8 Å². The van der Waals surface area contributed by atoms with Crippen LogP contribution in [0.2, 0.25) is 5.15 Å². The topological polar surface area (TPSA) is 372 Å². The molecule has 0 unspecified atom stereocenters. The zero-order chi connectivity index (χ0) is 45.2. The minimum absolute atomic E-state index is 0.125. The molecule has 59 heavy (non-hydrogen) atoms. The van der Waals surface area contributed by atoms with E-state index in [-0.39, 0.29) is 16.9 Å². The van der Waals surface area contributed by atoms with Crippen LogP contribution < -0.4 is 17.0 Å². The maximum atomic E-state index is 11.3. The Morgan fingerprint density at radius 2 is 1.27 bits per heavy atom. The van der Waals surface area contributed by atoms with Crippen LogP contribution in [0.15, 0.2) is 42.2 Å². The van der Waals surface area contributed by atoms with Crippen LogP contribution in [-0.4, -0.2) is 120 Å². The molecule has 8 N–H and O–H groups in total. The number of H-pyrrole nitrogens is 1. The number of halogens is 1. The number of nitrogens with one attached hydrogen (secondary N) is 2. The summed E-state index contributed by atoms with van der Waals surface area (Å²) in [7, 11) is 3.48. The summed E-state index contributed by atoms with van der Waals surface area (Å²) < 4.78 is 15.1. The highest BCUT2D eigenvalue weighted by molar-refractivity contribution is 6.33. The molecule has 0 aliphatic carbocycles. The van der Waals surface area contributed by atoms with Gasteiger partial charge < -0.3 is 36.1 Å². The van der Waals surface area contributed by atoms with Gasteiger partial charge in [0.1, 0.15) is 29.1 Å². The molecule has 0 fully saturated rings. The molecule has 0 aliphatic rings. The number of hydrogen-bond donors (Lipinski definition) is 6. The van der Waals surface area contributed by atoms with E-state index in [1.54, 1.807) is 28.7 Å².